The maximum atomic E-state index is 13.5. The molecule has 1 heterocycles. The number of carbonyl (C=O) groups is 1. The summed E-state index contributed by atoms with van der Waals surface area (Å²) in [5.74, 6) is 1.29. The number of nitrogens with zero attached hydrogens (tertiary/aromatic N) is 1. The van der Waals surface area contributed by atoms with Crippen molar-refractivity contribution in [1.29, 1.82) is 0 Å². The molecule has 0 bridgehead atoms. The van der Waals surface area contributed by atoms with Gasteiger partial charge in [0.2, 0.25) is 0 Å². The molecular weight excluding hydrogens is 333 g/mol. The van der Waals surface area contributed by atoms with Crippen molar-refractivity contribution < 1.29 is 18.7 Å². The number of rotatable bonds is 6. The molecule has 0 aliphatic carbocycles. The second-order valence-corrected chi connectivity index (χ2v) is 6.53. The Labute approximate surface area is 153 Å². The minimum Gasteiger partial charge on any atom is -0.497 e. The van der Waals surface area contributed by atoms with Crippen LogP contribution in [0.5, 0.6) is 11.5 Å². The van der Waals surface area contributed by atoms with Gasteiger partial charge in [0.25, 0.3) is 5.91 Å². The molecule has 0 atom stereocenters. The molecular formula is C21H24FNO3. The molecule has 1 amide bonds. The molecule has 3 rings (SSSR count). The lowest BCUT2D eigenvalue weighted by molar-refractivity contribution is 0.0679. The van der Waals surface area contributed by atoms with E-state index in [0.717, 1.165) is 38.1 Å². The number of hydrogen-bond donors (Lipinski definition) is 0. The lowest BCUT2D eigenvalue weighted by Gasteiger charge is -2.32. The zero-order valence-corrected chi connectivity index (χ0v) is 15.0. The van der Waals surface area contributed by atoms with Gasteiger partial charge in [0.05, 0.1) is 13.7 Å². The van der Waals surface area contributed by atoms with Gasteiger partial charge in [-0.25, -0.2) is 4.39 Å². The Morgan fingerprint density at radius 3 is 2.46 bits per heavy atom. The number of carbonyl (C=O) groups excluding carboxylic acids is 1. The van der Waals surface area contributed by atoms with Gasteiger partial charge in [0, 0.05) is 18.7 Å². The van der Waals surface area contributed by atoms with E-state index in [-0.39, 0.29) is 11.7 Å². The molecule has 5 heteroatoms. The fraction of sp³-hybridized carbons (Fsp3) is 0.381. The van der Waals surface area contributed by atoms with Gasteiger partial charge >= 0.3 is 0 Å². The zero-order valence-electron chi connectivity index (χ0n) is 15.0. The monoisotopic (exact) mass is 357 g/mol. The number of para-hydroxylation sites is 1. The van der Waals surface area contributed by atoms with Gasteiger partial charge in [-0.1, -0.05) is 12.1 Å². The fourth-order valence-electron chi connectivity index (χ4n) is 3.24. The summed E-state index contributed by atoms with van der Waals surface area (Å²) >= 11 is 0. The second kappa shape index (κ2) is 8.70. The second-order valence-electron chi connectivity index (χ2n) is 6.53. The predicted octanol–water partition coefficient (Wildman–Crippen LogP) is 4.16. The van der Waals surface area contributed by atoms with Crippen molar-refractivity contribution in [2.24, 2.45) is 5.92 Å². The van der Waals surface area contributed by atoms with E-state index in [2.05, 4.69) is 0 Å². The summed E-state index contributed by atoms with van der Waals surface area (Å²) in [7, 11) is 1.61. The Morgan fingerprint density at radius 2 is 1.81 bits per heavy atom. The highest BCUT2D eigenvalue weighted by molar-refractivity contribution is 5.94. The Kier molecular flexibility index (Phi) is 6.10. The molecule has 0 saturated carbocycles. The number of benzene rings is 2. The van der Waals surface area contributed by atoms with E-state index in [4.69, 9.17) is 9.47 Å². The molecule has 1 aliphatic heterocycles. The van der Waals surface area contributed by atoms with Crippen molar-refractivity contribution in [2.75, 3.05) is 26.8 Å². The highest BCUT2D eigenvalue weighted by Crippen LogP contribution is 2.23. The predicted molar refractivity (Wildman–Crippen MR) is 98.1 cm³/mol. The highest BCUT2D eigenvalue weighted by Gasteiger charge is 2.23. The van der Waals surface area contributed by atoms with Crippen LogP contribution in [0.3, 0.4) is 0 Å². The molecule has 4 nitrogen and oxygen atoms in total. The summed E-state index contributed by atoms with van der Waals surface area (Å²) in [5, 5.41) is 0. The number of halogens is 1. The van der Waals surface area contributed by atoms with Crippen LogP contribution in [-0.2, 0) is 0 Å². The first-order chi connectivity index (χ1) is 12.7. The van der Waals surface area contributed by atoms with Crippen LogP contribution in [0.4, 0.5) is 4.39 Å². The molecule has 1 fully saturated rings. The highest BCUT2D eigenvalue weighted by atomic mass is 19.1. The quantitative estimate of drug-likeness (QED) is 0.779. The Balaban J connectivity index is 1.43. The van der Waals surface area contributed by atoms with Crippen LogP contribution in [0.25, 0.3) is 0 Å². The molecule has 0 spiro atoms. The summed E-state index contributed by atoms with van der Waals surface area (Å²) in [4.78, 5) is 14.5. The van der Waals surface area contributed by atoms with Gasteiger partial charge in [-0.15, -0.1) is 0 Å². The first kappa shape index (κ1) is 18.2. The molecule has 138 valence electrons. The number of piperidine rings is 1. The SMILES string of the molecule is COc1ccc(C(=O)N2CCC(CCOc3ccccc3F)CC2)cc1. The molecule has 1 saturated heterocycles. The maximum absolute atomic E-state index is 13.5. The number of amides is 1. The van der Waals surface area contributed by atoms with Crippen molar-refractivity contribution in [3.63, 3.8) is 0 Å². The van der Waals surface area contributed by atoms with E-state index in [1.165, 1.54) is 6.07 Å². The molecule has 0 unspecified atom stereocenters. The summed E-state index contributed by atoms with van der Waals surface area (Å²) in [6.07, 6.45) is 2.77. The van der Waals surface area contributed by atoms with E-state index in [9.17, 15) is 9.18 Å². The van der Waals surface area contributed by atoms with E-state index in [0.29, 0.717) is 23.8 Å². The average molecular weight is 357 g/mol. The third kappa shape index (κ3) is 4.54. The van der Waals surface area contributed by atoms with Crippen molar-refractivity contribution in [2.45, 2.75) is 19.3 Å². The fourth-order valence-corrected chi connectivity index (χ4v) is 3.24. The maximum Gasteiger partial charge on any atom is 0.253 e. The van der Waals surface area contributed by atoms with Crippen LogP contribution in [0, 0.1) is 11.7 Å². The van der Waals surface area contributed by atoms with Gasteiger partial charge in [-0.05, 0) is 61.6 Å². The summed E-state index contributed by atoms with van der Waals surface area (Å²) in [6.45, 7) is 1.99. The van der Waals surface area contributed by atoms with Crippen molar-refractivity contribution in [1.82, 2.24) is 4.90 Å². The van der Waals surface area contributed by atoms with E-state index in [1.54, 1.807) is 49.6 Å². The van der Waals surface area contributed by atoms with Crippen LogP contribution in [0.15, 0.2) is 48.5 Å². The van der Waals surface area contributed by atoms with Crippen LogP contribution in [-0.4, -0.2) is 37.6 Å². The van der Waals surface area contributed by atoms with Crippen LogP contribution >= 0.6 is 0 Å². The molecule has 26 heavy (non-hydrogen) atoms. The lowest BCUT2D eigenvalue weighted by Crippen LogP contribution is -2.38. The number of methoxy groups -OCH3 is 1. The van der Waals surface area contributed by atoms with Gasteiger partial charge in [-0.2, -0.15) is 0 Å². The van der Waals surface area contributed by atoms with Crippen LogP contribution in [0.1, 0.15) is 29.6 Å². The summed E-state index contributed by atoms with van der Waals surface area (Å²) in [5.41, 5.74) is 0.687. The summed E-state index contributed by atoms with van der Waals surface area (Å²) < 4.78 is 24.2. The Morgan fingerprint density at radius 1 is 1.12 bits per heavy atom. The van der Waals surface area contributed by atoms with Gasteiger partial charge in [-0.3, -0.25) is 4.79 Å². The van der Waals surface area contributed by atoms with Gasteiger partial charge < -0.3 is 14.4 Å². The van der Waals surface area contributed by atoms with Crippen molar-refractivity contribution in [3.8, 4) is 11.5 Å². The smallest absolute Gasteiger partial charge is 0.253 e. The number of ether oxygens (including phenoxy) is 2. The Hall–Kier alpha value is -2.56. The average Bonchev–Trinajstić information content (AvgIpc) is 2.69. The number of hydrogen-bond acceptors (Lipinski definition) is 3. The van der Waals surface area contributed by atoms with E-state index >= 15 is 0 Å². The molecule has 2 aromatic carbocycles. The van der Waals surface area contributed by atoms with E-state index in [1.807, 2.05) is 4.90 Å². The van der Waals surface area contributed by atoms with Crippen LogP contribution in [0.2, 0.25) is 0 Å². The largest absolute Gasteiger partial charge is 0.497 e. The lowest BCUT2D eigenvalue weighted by atomic mass is 9.93. The molecule has 2 aromatic rings. The minimum absolute atomic E-state index is 0.0636. The van der Waals surface area contributed by atoms with Crippen LogP contribution < -0.4 is 9.47 Å². The van der Waals surface area contributed by atoms with Gasteiger partial charge in [0.15, 0.2) is 11.6 Å². The van der Waals surface area contributed by atoms with Crippen molar-refractivity contribution in [3.05, 3.63) is 59.9 Å². The molecule has 0 N–H and O–H groups in total. The van der Waals surface area contributed by atoms with Gasteiger partial charge in [0.1, 0.15) is 5.75 Å². The van der Waals surface area contributed by atoms with E-state index < -0.39 is 0 Å². The third-order valence-electron chi connectivity index (χ3n) is 4.86. The zero-order chi connectivity index (χ0) is 18.4. The first-order valence-electron chi connectivity index (χ1n) is 8.98. The molecule has 0 radical (unpaired) electrons. The first-order valence-corrected chi connectivity index (χ1v) is 8.98. The normalized spacial score (nSPS) is 14.9. The third-order valence-corrected chi connectivity index (χ3v) is 4.86. The summed E-state index contributed by atoms with van der Waals surface area (Å²) in [6, 6.07) is 13.7. The molecule has 1 aliphatic rings. The molecule has 0 aromatic heterocycles. The number of likely N-dealkylation sites (tertiary alicyclic amines) is 1. The topological polar surface area (TPSA) is 38.8 Å². The van der Waals surface area contributed by atoms with Crippen molar-refractivity contribution >= 4 is 5.91 Å². The minimum atomic E-state index is -0.326. The Bertz CT molecular complexity index is 724. The standard InChI is InChI=1S/C21H24FNO3/c1-25-18-8-6-17(7-9-18)21(24)23-13-10-16(11-14-23)12-15-26-20-5-3-2-4-19(20)22/h2-9,16H,10-15H2,1H3.